The Morgan fingerprint density at radius 1 is 0.958 bits per heavy atom. The van der Waals surface area contributed by atoms with Crippen molar-refractivity contribution in [2.75, 3.05) is 13.2 Å². The number of hydrogen-bond acceptors (Lipinski definition) is 7. The Morgan fingerprint density at radius 2 is 1.69 bits per heavy atom. The van der Waals surface area contributed by atoms with Crippen LogP contribution in [0.15, 0.2) is 46.5 Å². The fourth-order valence-electron chi connectivity index (χ4n) is 12.1. The number of ether oxygens (including phenoxy) is 2. The molecule has 260 valence electrons. The second-order valence-electron chi connectivity index (χ2n) is 17.7. The van der Waals surface area contributed by atoms with E-state index in [1.54, 1.807) is 6.92 Å². The highest BCUT2D eigenvalue weighted by Gasteiger charge is 2.70. The quantitative estimate of drug-likeness (QED) is 0.246. The van der Waals surface area contributed by atoms with Crippen LogP contribution in [-0.2, 0) is 32.7 Å². The van der Waals surface area contributed by atoms with E-state index < -0.39 is 16.8 Å². The lowest BCUT2D eigenvalue weighted by Crippen LogP contribution is -2.65. The van der Waals surface area contributed by atoms with Crippen LogP contribution in [0.2, 0.25) is 0 Å². The van der Waals surface area contributed by atoms with Gasteiger partial charge in [0.25, 0.3) is 0 Å². The Labute approximate surface area is 286 Å². The molecule has 7 rings (SSSR count). The summed E-state index contributed by atoms with van der Waals surface area (Å²) in [5.74, 6) is 0.820. The summed E-state index contributed by atoms with van der Waals surface area (Å²) in [6.07, 6.45) is 10.8. The number of carbonyl (C=O) groups is 2. The molecule has 0 bridgehead atoms. The van der Waals surface area contributed by atoms with Gasteiger partial charge in [-0.3, -0.25) is 4.79 Å². The molecule has 3 fully saturated rings. The van der Waals surface area contributed by atoms with E-state index in [2.05, 4.69) is 52.8 Å². The van der Waals surface area contributed by atoms with Gasteiger partial charge >= 0.3 is 11.9 Å². The van der Waals surface area contributed by atoms with Gasteiger partial charge in [0.1, 0.15) is 12.4 Å². The van der Waals surface area contributed by atoms with Crippen molar-refractivity contribution in [2.24, 2.45) is 44.8 Å². The van der Waals surface area contributed by atoms with Crippen LogP contribution in [0.25, 0.3) is 0 Å². The monoisotopic (exact) mass is 657 g/mol. The third kappa shape index (κ3) is 4.58. The molecule has 0 amide bonds. The number of benzene rings is 1. The molecule has 2 aromatic rings. The third-order valence-electron chi connectivity index (χ3n) is 15.0. The first-order valence-electron chi connectivity index (χ1n) is 18.4. The molecule has 1 N–H and O–H groups in total. The van der Waals surface area contributed by atoms with Gasteiger partial charge in [0.15, 0.2) is 5.69 Å². The van der Waals surface area contributed by atoms with Crippen molar-refractivity contribution in [1.29, 1.82) is 0 Å². The number of carbonyl (C=O) groups excluding carboxylic acids is 2. The third-order valence-corrected chi connectivity index (χ3v) is 15.0. The van der Waals surface area contributed by atoms with Gasteiger partial charge in [-0.15, -0.1) is 0 Å². The molecule has 0 unspecified atom stereocenters. The van der Waals surface area contributed by atoms with E-state index in [4.69, 9.17) is 14.0 Å². The van der Waals surface area contributed by atoms with Gasteiger partial charge in [-0.1, -0.05) is 81.8 Å². The first-order chi connectivity index (χ1) is 22.7. The van der Waals surface area contributed by atoms with Crippen LogP contribution in [0, 0.1) is 44.8 Å². The predicted molar refractivity (Wildman–Crippen MR) is 183 cm³/mol. The molecule has 0 spiro atoms. The Bertz CT molecular complexity index is 1630. The smallest absolute Gasteiger partial charge is 0.360 e. The Hall–Kier alpha value is -2.93. The molecular weight excluding hydrogens is 602 g/mol. The topological polar surface area (TPSA) is 98.9 Å². The van der Waals surface area contributed by atoms with Crippen molar-refractivity contribution < 1.29 is 28.7 Å². The minimum Gasteiger partial charge on any atom is -0.461 e. The first-order valence-corrected chi connectivity index (χ1v) is 18.4. The molecule has 5 aliphatic carbocycles. The average molecular weight is 658 g/mol. The van der Waals surface area contributed by atoms with Gasteiger partial charge in [-0.05, 0) is 117 Å². The maximum atomic E-state index is 14.3. The highest BCUT2D eigenvalue weighted by molar-refractivity contribution is 5.89. The van der Waals surface area contributed by atoms with Crippen LogP contribution in [0.4, 0.5) is 0 Å². The summed E-state index contributed by atoms with van der Waals surface area (Å²) in [6.45, 7) is 16.6. The van der Waals surface area contributed by atoms with E-state index in [1.165, 1.54) is 5.57 Å². The lowest BCUT2D eigenvalue weighted by atomic mass is 9.33. The largest absolute Gasteiger partial charge is 0.461 e. The highest BCUT2D eigenvalue weighted by Crippen LogP contribution is 2.75. The summed E-state index contributed by atoms with van der Waals surface area (Å²) >= 11 is 0. The van der Waals surface area contributed by atoms with Crippen LogP contribution >= 0.6 is 0 Å². The fourth-order valence-corrected chi connectivity index (χ4v) is 12.1. The van der Waals surface area contributed by atoms with Crippen molar-refractivity contribution in [3.8, 4) is 0 Å². The van der Waals surface area contributed by atoms with Crippen molar-refractivity contribution >= 4 is 11.9 Å². The Morgan fingerprint density at radius 3 is 2.40 bits per heavy atom. The van der Waals surface area contributed by atoms with E-state index >= 15 is 0 Å². The van der Waals surface area contributed by atoms with Gasteiger partial charge in [-0.25, -0.2) is 4.79 Å². The minimum absolute atomic E-state index is 0.0183. The lowest BCUT2D eigenvalue weighted by Gasteiger charge is -2.70. The number of hydrogen-bond donors (Lipinski definition) is 1. The standard InChI is InChI=1S/C41H55NO6/c1-8-46-34(44)32-27-22-37(4)30(38(5,25-43)33(27)48-42-32)16-17-40(7)31(37)15-14-28-29-23-36(2,3)18-20-41(29,21-19-39(28,40)6)35(45)47-24-26-12-10-9-11-13-26/h9-14,29-31,43H,8,15-25H2,1-7H3/t29-,30+,31+,37-,38-,39+,40+,41-/m0/s1. The molecule has 0 aliphatic heterocycles. The number of aromatic nitrogens is 1. The van der Waals surface area contributed by atoms with Gasteiger partial charge in [0, 0.05) is 5.56 Å². The number of nitrogens with zero attached hydrogens (tertiary/aromatic N) is 1. The SMILES string of the molecule is CCOC(=O)c1noc2c1C[C@@]1(C)[C@@H](CC[C@]3(C)[C@@H]1CC=C1[C@@H]4CC(C)(C)CC[C@]4(C(=O)OCc4ccccc4)CC[C@]13C)[C@]2(C)CO. The second kappa shape index (κ2) is 11.3. The van der Waals surface area contributed by atoms with Crippen molar-refractivity contribution in [2.45, 2.75) is 118 Å². The van der Waals surface area contributed by atoms with Crippen molar-refractivity contribution in [3.05, 3.63) is 64.6 Å². The van der Waals surface area contributed by atoms with Gasteiger partial charge in [0.2, 0.25) is 0 Å². The molecule has 1 aromatic carbocycles. The summed E-state index contributed by atoms with van der Waals surface area (Å²) in [7, 11) is 0. The molecule has 5 aliphatic rings. The Kier molecular flexibility index (Phi) is 7.90. The molecule has 1 heterocycles. The van der Waals surface area contributed by atoms with E-state index in [9.17, 15) is 14.7 Å². The van der Waals surface area contributed by atoms with Gasteiger partial charge in [0.05, 0.1) is 24.0 Å². The second-order valence-corrected chi connectivity index (χ2v) is 17.7. The minimum atomic E-state index is -0.649. The van der Waals surface area contributed by atoms with E-state index in [-0.39, 0.29) is 58.4 Å². The molecule has 7 nitrogen and oxygen atoms in total. The molecule has 48 heavy (non-hydrogen) atoms. The zero-order chi connectivity index (χ0) is 34.3. The normalized spacial score (nSPS) is 39.4. The number of aliphatic hydroxyl groups is 1. The molecule has 3 saturated carbocycles. The van der Waals surface area contributed by atoms with E-state index in [0.29, 0.717) is 24.7 Å². The summed E-state index contributed by atoms with van der Waals surface area (Å²) in [6, 6.07) is 10.0. The molecule has 0 saturated heterocycles. The van der Waals surface area contributed by atoms with E-state index in [1.807, 2.05) is 30.3 Å². The van der Waals surface area contributed by atoms with Crippen molar-refractivity contribution in [3.63, 3.8) is 0 Å². The predicted octanol–water partition coefficient (Wildman–Crippen LogP) is 8.38. The van der Waals surface area contributed by atoms with Crippen LogP contribution in [0.3, 0.4) is 0 Å². The fraction of sp³-hybridized carbons (Fsp3) is 0.683. The summed E-state index contributed by atoms with van der Waals surface area (Å²) in [4.78, 5) is 27.4. The average Bonchev–Trinajstić information content (AvgIpc) is 3.48. The molecule has 0 radical (unpaired) electrons. The first kappa shape index (κ1) is 33.6. The van der Waals surface area contributed by atoms with Crippen LogP contribution in [-0.4, -0.2) is 35.4 Å². The molecule has 1 aromatic heterocycles. The highest BCUT2D eigenvalue weighted by atomic mass is 16.5. The zero-order valence-electron chi connectivity index (χ0n) is 30.1. The van der Waals surface area contributed by atoms with E-state index in [0.717, 1.165) is 62.5 Å². The van der Waals surface area contributed by atoms with Crippen LogP contribution < -0.4 is 0 Å². The van der Waals surface area contributed by atoms with Crippen molar-refractivity contribution in [1.82, 2.24) is 5.16 Å². The molecule has 8 atom stereocenters. The number of esters is 2. The molecular formula is C41H55NO6. The van der Waals surface area contributed by atoms with Gasteiger partial charge < -0.3 is 19.1 Å². The summed E-state index contributed by atoms with van der Waals surface area (Å²) in [5, 5.41) is 15.3. The Balaban J connectivity index is 1.28. The van der Waals surface area contributed by atoms with Crippen LogP contribution in [0.5, 0.6) is 0 Å². The number of rotatable bonds is 6. The maximum absolute atomic E-state index is 14.3. The number of aliphatic hydroxyl groups excluding tert-OH is 1. The number of fused-ring (bicyclic) bond motifs is 8. The van der Waals surface area contributed by atoms with Gasteiger partial charge in [-0.2, -0.15) is 0 Å². The number of allylic oxidation sites excluding steroid dienone is 2. The summed E-state index contributed by atoms with van der Waals surface area (Å²) < 4.78 is 17.5. The lowest BCUT2D eigenvalue weighted by molar-refractivity contribution is -0.184. The summed E-state index contributed by atoms with van der Waals surface area (Å²) in [5.41, 5.74) is 2.27. The molecule has 7 heteroatoms. The zero-order valence-corrected chi connectivity index (χ0v) is 30.1. The van der Waals surface area contributed by atoms with Crippen LogP contribution in [0.1, 0.15) is 127 Å². The maximum Gasteiger partial charge on any atom is 0.360 e.